The standard InChI is InChI=1S/C19H18N2O2S/c1-14(18(22)23)16-7-9-17(10-8-16)21(19-20-11-12-24-19)13-15-5-3-2-4-6-15/h2-12,14H,13H2,1H3,(H,22,23). The molecule has 0 spiro atoms. The van der Waals surface area contributed by atoms with E-state index in [0.29, 0.717) is 6.54 Å². The van der Waals surface area contributed by atoms with Gasteiger partial charge in [-0.3, -0.25) is 4.79 Å². The van der Waals surface area contributed by atoms with Gasteiger partial charge in [-0.1, -0.05) is 42.5 Å². The predicted octanol–water partition coefficient (Wildman–Crippen LogP) is 4.67. The lowest BCUT2D eigenvalue weighted by atomic mass is 10.0. The summed E-state index contributed by atoms with van der Waals surface area (Å²) in [5.41, 5.74) is 2.98. The number of carboxylic acids is 1. The Morgan fingerprint density at radius 2 is 1.88 bits per heavy atom. The molecule has 1 unspecified atom stereocenters. The quantitative estimate of drug-likeness (QED) is 0.709. The molecule has 5 heteroatoms. The molecule has 3 aromatic rings. The van der Waals surface area contributed by atoms with Gasteiger partial charge in [0.15, 0.2) is 5.13 Å². The van der Waals surface area contributed by atoms with Gasteiger partial charge in [-0.15, -0.1) is 11.3 Å². The molecule has 0 fully saturated rings. The molecular weight excluding hydrogens is 320 g/mol. The van der Waals surface area contributed by atoms with Crippen LogP contribution in [0.1, 0.15) is 24.0 Å². The average Bonchev–Trinajstić information content (AvgIpc) is 3.14. The van der Waals surface area contributed by atoms with E-state index >= 15 is 0 Å². The van der Waals surface area contributed by atoms with Gasteiger partial charge < -0.3 is 10.0 Å². The van der Waals surface area contributed by atoms with Crippen molar-refractivity contribution in [3.05, 3.63) is 77.3 Å². The van der Waals surface area contributed by atoms with Crippen molar-refractivity contribution in [2.45, 2.75) is 19.4 Å². The van der Waals surface area contributed by atoms with E-state index in [1.165, 1.54) is 5.56 Å². The van der Waals surface area contributed by atoms with Crippen molar-refractivity contribution in [1.82, 2.24) is 4.98 Å². The van der Waals surface area contributed by atoms with Gasteiger partial charge in [0.05, 0.1) is 12.5 Å². The number of hydrogen-bond acceptors (Lipinski definition) is 4. The minimum absolute atomic E-state index is 0.513. The highest BCUT2D eigenvalue weighted by molar-refractivity contribution is 7.13. The fraction of sp³-hybridized carbons (Fsp3) is 0.158. The molecule has 1 aromatic heterocycles. The van der Waals surface area contributed by atoms with E-state index in [9.17, 15) is 4.79 Å². The molecule has 122 valence electrons. The normalized spacial score (nSPS) is 11.9. The van der Waals surface area contributed by atoms with E-state index in [1.807, 2.05) is 47.8 Å². The van der Waals surface area contributed by atoms with Crippen LogP contribution in [0.4, 0.5) is 10.8 Å². The zero-order valence-corrected chi connectivity index (χ0v) is 14.1. The SMILES string of the molecule is CC(C(=O)O)c1ccc(N(Cc2ccccc2)c2nccs2)cc1. The third-order valence-electron chi connectivity index (χ3n) is 3.91. The largest absolute Gasteiger partial charge is 0.481 e. The van der Waals surface area contributed by atoms with Gasteiger partial charge in [-0.05, 0) is 30.2 Å². The van der Waals surface area contributed by atoms with Crippen LogP contribution in [0.15, 0.2) is 66.2 Å². The molecular formula is C19H18N2O2S. The van der Waals surface area contributed by atoms with Crippen molar-refractivity contribution >= 4 is 28.1 Å². The first-order valence-electron chi connectivity index (χ1n) is 7.69. The van der Waals surface area contributed by atoms with Crippen LogP contribution in [-0.2, 0) is 11.3 Å². The minimum Gasteiger partial charge on any atom is -0.481 e. The highest BCUT2D eigenvalue weighted by Gasteiger charge is 2.16. The first-order valence-corrected chi connectivity index (χ1v) is 8.57. The van der Waals surface area contributed by atoms with E-state index in [4.69, 9.17) is 5.11 Å². The summed E-state index contributed by atoms with van der Waals surface area (Å²) in [6, 6.07) is 17.9. The molecule has 24 heavy (non-hydrogen) atoms. The average molecular weight is 338 g/mol. The number of nitrogens with zero attached hydrogens (tertiary/aromatic N) is 2. The zero-order chi connectivity index (χ0) is 16.9. The highest BCUT2D eigenvalue weighted by Crippen LogP contribution is 2.30. The molecule has 1 N–H and O–H groups in total. The second-order valence-electron chi connectivity index (χ2n) is 5.54. The second kappa shape index (κ2) is 7.27. The molecule has 0 aliphatic carbocycles. The number of aromatic nitrogens is 1. The van der Waals surface area contributed by atoms with Crippen LogP contribution >= 0.6 is 11.3 Å². The highest BCUT2D eigenvalue weighted by atomic mass is 32.1. The lowest BCUT2D eigenvalue weighted by Crippen LogP contribution is -2.16. The molecule has 0 aliphatic heterocycles. The third kappa shape index (κ3) is 3.63. The van der Waals surface area contributed by atoms with Crippen molar-refractivity contribution in [3.8, 4) is 0 Å². The van der Waals surface area contributed by atoms with Gasteiger partial charge in [0.2, 0.25) is 0 Å². The fourth-order valence-corrected chi connectivity index (χ4v) is 3.13. The lowest BCUT2D eigenvalue weighted by molar-refractivity contribution is -0.138. The van der Waals surface area contributed by atoms with E-state index in [1.54, 1.807) is 24.5 Å². The van der Waals surface area contributed by atoms with Crippen LogP contribution in [0, 0.1) is 0 Å². The Balaban J connectivity index is 1.90. The molecule has 1 atom stereocenters. The van der Waals surface area contributed by atoms with Gasteiger partial charge in [0.25, 0.3) is 0 Å². The Bertz CT molecular complexity index is 786. The second-order valence-corrected chi connectivity index (χ2v) is 6.41. The Kier molecular flexibility index (Phi) is 4.91. The maximum atomic E-state index is 11.1. The first kappa shape index (κ1) is 16.2. The van der Waals surface area contributed by atoms with E-state index in [0.717, 1.165) is 16.4 Å². The summed E-state index contributed by atoms with van der Waals surface area (Å²) in [6.07, 6.45) is 1.79. The van der Waals surface area contributed by atoms with Crippen LogP contribution in [0.25, 0.3) is 0 Å². The number of rotatable bonds is 6. The molecule has 3 rings (SSSR count). The Hall–Kier alpha value is -2.66. The van der Waals surface area contributed by atoms with Crippen molar-refractivity contribution < 1.29 is 9.90 Å². The molecule has 0 aliphatic rings. The molecule has 0 radical (unpaired) electrons. The van der Waals surface area contributed by atoms with E-state index in [2.05, 4.69) is 22.0 Å². The van der Waals surface area contributed by atoms with E-state index < -0.39 is 11.9 Å². The van der Waals surface area contributed by atoms with Crippen LogP contribution < -0.4 is 4.90 Å². The Labute approximate surface area is 145 Å². The number of anilines is 2. The smallest absolute Gasteiger partial charge is 0.310 e. The summed E-state index contributed by atoms with van der Waals surface area (Å²) in [4.78, 5) is 17.7. The number of benzene rings is 2. The fourth-order valence-electron chi connectivity index (χ4n) is 2.47. The van der Waals surface area contributed by atoms with Crippen LogP contribution in [0.3, 0.4) is 0 Å². The minimum atomic E-state index is -0.816. The maximum absolute atomic E-state index is 11.1. The van der Waals surface area contributed by atoms with Crippen LogP contribution in [0.2, 0.25) is 0 Å². The number of thiazole rings is 1. The topological polar surface area (TPSA) is 53.4 Å². The third-order valence-corrected chi connectivity index (χ3v) is 4.70. The van der Waals surface area contributed by atoms with Gasteiger partial charge in [-0.25, -0.2) is 4.98 Å². The summed E-state index contributed by atoms with van der Waals surface area (Å²) >= 11 is 1.58. The Morgan fingerprint density at radius 3 is 2.46 bits per heavy atom. The molecule has 4 nitrogen and oxygen atoms in total. The molecule has 2 aromatic carbocycles. The first-order chi connectivity index (χ1) is 11.6. The number of hydrogen-bond donors (Lipinski definition) is 1. The number of aliphatic carboxylic acids is 1. The summed E-state index contributed by atoms with van der Waals surface area (Å²) in [7, 11) is 0. The zero-order valence-electron chi connectivity index (χ0n) is 13.3. The molecule has 1 heterocycles. The van der Waals surface area contributed by atoms with Gasteiger partial charge in [0, 0.05) is 17.3 Å². The Morgan fingerprint density at radius 1 is 1.17 bits per heavy atom. The summed E-state index contributed by atoms with van der Waals surface area (Å²) in [5.74, 6) is -1.33. The van der Waals surface area contributed by atoms with Gasteiger partial charge in [0.1, 0.15) is 0 Å². The molecule has 0 amide bonds. The molecule has 0 saturated heterocycles. The summed E-state index contributed by atoms with van der Waals surface area (Å²) in [6.45, 7) is 2.40. The summed E-state index contributed by atoms with van der Waals surface area (Å²) < 4.78 is 0. The lowest BCUT2D eigenvalue weighted by Gasteiger charge is -2.22. The predicted molar refractivity (Wildman–Crippen MR) is 96.9 cm³/mol. The monoisotopic (exact) mass is 338 g/mol. The van der Waals surface area contributed by atoms with Crippen molar-refractivity contribution in [3.63, 3.8) is 0 Å². The summed E-state index contributed by atoms with van der Waals surface area (Å²) in [5, 5.41) is 12.0. The van der Waals surface area contributed by atoms with Crippen molar-refractivity contribution in [1.29, 1.82) is 0 Å². The van der Waals surface area contributed by atoms with E-state index in [-0.39, 0.29) is 0 Å². The number of carboxylic acid groups (broad SMARTS) is 1. The van der Waals surface area contributed by atoms with Crippen LogP contribution in [-0.4, -0.2) is 16.1 Å². The molecule has 0 saturated carbocycles. The maximum Gasteiger partial charge on any atom is 0.310 e. The van der Waals surface area contributed by atoms with Crippen molar-refractivity contribution in [2.24, 2.45) is 0 Å². The van der Waals surface area contributed by atoms with Crippen LogP contribution in [0.5, 0.6) is 0 Å². The molecule has 0 bridgehead atoms. The van der Waals surface area contributed by atoms with Crippen molar-refractivity contribution in [2.75, 3.05) is 4.90 Å². The number of carbonyl (C=O) groups is 1. The van der Waals surface area contributed by atoms with Gasteiger partial charge in [-0.2, -0.15) is 0 Å². The van der Waals surface area contributed by atoms with Gasteiger partial charge >= 0.3 is 5.97 Å².